The Morgan fingerprint density at radius 3 is 2.03 bits per heavy atom. The summed E-state index contributed by atoms with van der Waals surface area (Å²) in [5.41, 5.74) is 2.40. The van der Waals surface area contributed by atoms with Crippen molar-refractivity contribution in [3.05, 3.63) is 100 Å². The van der Waals surface area contributed by atoms with Crippen LogP contribution in [0.1, 0.15) is 26.3 Å². The summed E-state index contributed by atoms with van der Waals surface area (Å²) in [5.74, 6) is -1.13. The van der Waals surface area contributed by atoms with Gasteiger partial charge in [-0.25, -0.2) is 0 Å². The fourth-order valence-corrected chi connectivity index (χ4v) is 2.81. The van der Waals surface area contributed by atoms with Crippen LogP contribution in [-0.4, -0.2) is 24.3 Å². The van der Waals surface area contributed by atoms with E-state index in [9.17, 15) is 14.4 Å². The van der Waals surface area contributed by atoms with Crippen LogP contribution in [0.15, 0.2) is 83.3 Å². The minimum Gasteiger partial charge on any atom is -0.460 e. The lowest BCUT2D eigenvalue weighted by atomic mass is 10.1. The number of benzene rings is 3. The van der Waals surface area contributed by atoms with Crippen molar-refractivity contribution < 1.29 is 19.1 Å². The van der Waals surface area contributed by atoms with Crippen LogP contribution in [0.25, 0.3) is 0 Å². The Kier molecular flexibility index (Phi) is 7.34. The van der Waals surface area contributed by atoms with Crippen molar-refractivity contribution in [2.24, 2.45) is 0 Å². The average Bonchev–Trinajstić information content (AvgIpc) is 2.77. The second-order valence-corrected chi connectivity index (χ2v) is 7.28. The second kappa shape index (κ2) is 10.4. The number of anilines is 1. The van der Waals surface area contributed by atoms with Gasteiger partial charge in [-0.05, 0) is 54.1 Å². The number of ether oxygens (including phenoxy) is 1. The SMILES string of the molecule is O=C(CNC(=O)c1ccc(Br)cc1)OCc1ccc(C(=O)Nc2ccccc2)cc1. The molecule has 3 aromatic rings. The highest BCUT2D eigenvalue weighted by Crippen LogP contribution is 2.11. The lowest BCUT2D eigenvalue weighted by Crippen LogP contribution is -2.30. The lowest BCUT2D eigenvalue weighted by molar-refractivity contribution is -0.143. The van der Waals surface area contributed by atoms with Gasteiger partial charge in [-0.15, -0.1) is 0 Å². The first-order valence-electron chi connectivity index (χ1n) is 9.16. The number of amides is 2. The first kappa shape index (κ1) is 21.3. The molecule has 30 heavy (non-hydrogen) atoms. The molecule has 0 saturated carbocycles. The zero-order valence-electron chi connectivity index (χ0n) is 15.9. The molecule has 6 nitrogen and oxygen atoms in total. The average molecular weight is 467 g/mol. The Morgan fingerprint density at radius 2 is 1.37 bits per heavy atom. The molecule has 0 fully saturated rings. The van der Waals surface area contributed by atoms with Gasteiger partial charge >= 0.3 is 5.97 Å². The number of nitrogens with one attached hydrogen (secondary N) is 2. The third kappa shape index (κ3) is 6.28. The molecule has 0 saturated heterocycles. The maximum absolute atomic E-state index is 12.2. The predicted octanol–water partition coefficient (Wildman–Crippen LogP) is 4.17. The Hall–Kier alpha value is -3.45. The molecule has 0 atom stereocenters. The largest absolute Gasteiger partial charge is 0.460 e. The summed E-state index contributed by atoms with van der Waals surface area (Å²) in [6, 6.07) is 22.7. The molecule has 0 radical (unpaired) electrons. The Bertz CT molecular complexity index is 1020. The number of hydrogen-bond donors (Lipinski definition) is 2. The summed E-state index contributed by atoms with van der Waals surface area (Å²) >= 11 is 3.30. The summed E-state index contributed by atoms with van der Waals surface area (Å²) in [6.07, 6.45) is 0. The van der Waals surface area contributed by atoms with Crippen LogP contribution >= 0.6 is 15.9 Å². The summed E-state index contributed by atoms with van der Waals surface area (Å²) in [7, 11) is 0. The number of carbonyl (C=O) groups excluding carboxylic acids is 3. The number of para-hydroxylation sites is 1. The molecule has 2 N–H and O–H groups in total. The summed E-state index contributed by atoms with van der Waals surface area (Å²) < 4.78 is 6.03. The highest BCUT2D eigenvalue weighted by atomic mass is 79.9. The van der Waals surface area contributed by atoms with Crippen LogP contribution in [-0.2, 0) is 16.1 Å². The van der Waals surface area contributed by atoms with Gasteiger partial charge in [-0.1, -0.05) is 46.3 Å². The normalized spacial score (nSPS) is 10.2. The zero-order valence-corrected chi connectivity index (χ0v) is 17.5. The van der Waals surface area contributed by atoms with Crippen LogP contribution in [0.3, 0.4) is 0 Å². The minimum atomic E-state index is -0.550. The topological polar surface area (TPSA) is 84.5 Å². The van der Waals surface area contributed by atoms with Crippen LogP contribution in [0.4, 0.5) is 5.69 Å². The van der Waals surface area contributed by atoms with E-state index < -0.39 is 5.97 Å². The standard InChI is InChI=1S/C23H19BrN2O4/c24-19-12-10-17(11-13-19)22(28)25-14-21(27)30-15-16-6-8-18(9-7-16)23(29)26-20-4-2-1-3-5-20/h1-13H,14-15H2,(H,25,28)(H,26,29). The van der Waals surface area contributed by atoms with Crippen molar-refractivity contribution in [3.63, 3.8) is 0 Å². The van der Waals surface area contributed by atoms with E-state index >= 15 is 0 Å². The number of esters is 1. The van der Waals surface area contributed by atoms with Gasteiger partial charge in [0.1, 0.15) is 13.2 Å². The van der Waals surface area contributed by atoms with Gasteiger partial charge in [0.05, 0.1) is 0 Å². The Balaban J connectivity index is 1.44. The van der Waals surface area contributed by atoms with Gasteiger partial charge in [0, 0.05) is 21.3 Å². The fraction of sp³-hybridized carbons (Fsp3) is 0.0870. The minimum absolute atomic E-state index is 0.0492. The van der Waals surface area contributed by atoms with Crippen molar-refractivity contribution in [2.75, 3.05) is 11.9 Å². The number of carbonyl (C=O) groups is 3. The molecule has 3 aromatic carbocycles. The molecule has 0 spiro atoms. The summed E-state index contributed by atoms with van der Waals surface area (Å²) in [5, 5.41) is 5.32. The van der Waals surface area contributed by atoms with Gasteiger partial charge < -0.3 is 15.4 Å². The number of halogens is 1. The highest BCUT2D eigenvalue weighted by molar-refractivity contribution is 9.10. The Labute approximate surface area is 182 Å². The van der Waals surface area contributed by atoms with Gasteiger partial charge in [-0.2, -0.15) is 0 Å². The fourth-order valence-electron chi connectivity index (χ4n) is 2.55. The van der Waals surface area contributed by atoms with E-state index in [1.165, 1.54) is 0 Å². The molecule has 0 aromatic heterocycles. The quantitative estimate of drug-likeness (QED) is 0.511. The van der Waals surface area contributed by atoms with E-state index in [4.69, 9.17) is 4.74 Å². The van der Waals surface area contributed by atoms with E-state index in [-0.39, 0.29) is 25.0 Å². The maximum Gasteiger partial charge on any atom is 0.325 e. The van der Waals surface area contributed by atoms with Crippen molar-refractivity contribution in [1.29, 1.82) is 0 Å². The molecule has 0 unspecified atom stereocenters. The van der Waals surface area contributed by atoms with Gasteiger partial charge in [0.2, 0.25) is 0 Å². The lowest BCUT2D eigenvalue weighted by Gasteiger charge is -2.08. The van der Waals surface area contributed by atoms with E-state index in [0.29, 0.717) is 16.8 Å². The first-order valence-corrected chi connectivity index (χ1v) is 9.95. The van der Waals surface area contributed by atoms with Crippen LogP contribution in [0.5, 0.6) is 0 Å². The molecule has 3 rings (SSSR count). The summed E-state index contributed by atoms with van der Waals surface area (Å²) in [4.78, 5) is 36.1. The second-order valence-electron chi connectivity index (χ2n) is 6.37. The van der Waals surface area contributed by atoms with Crippen LogP contribution in [0, 0.1) is 0 Å². The molecule has 0 aliphatic rings. The predicted molar refractivity (Wildman–Crippen MR) is 117 cm³/mol. The Morgan fingerprint density at radius 1 is 0.767 bits per heavy atom. The third-order valence-corrected chi connectivity index (χ3v) is 4.68. The molecule has 0 aliphatic carbocycles. The van der Waals surface area contributed by atoms with Crippen molar-refractivity contribution >= 4 is 39.4 Å². The molecule has 0 bridgehead atoms. The van der Waals surface area contributed by atoms with E-state index in [2.05, 4.69) is 26.6 Å². The molecule has 2 amide bonds. The zero-order chi connectivity index (χ0) is 21.3. The molecule has 0 heterocycles. The monoisotopic (exact) mass is 466 g/mol. The molecule has 7 heteroatoms. The van der Waals surface area contributed by atoms with Gasteiger partial charge in [0.15, 0.2) is 0 Å². The van der Waals surface area contributed by atoms with Crippen molar-refractivity contribution in [1.82, 2.24) is 5.32 Å². The van der Waals surface area contributed by atoms with Gasteiger partial charge in [0.25, 0.3) is 11.8 Å². The molecular weight excluding hydrogens is 448 g/mol. The number of hydrogen-bond acceptors (Lipinski definition) is 4. The number of rotatable bonds is 7. The molecule has 0 aliphatic heterocycles. The van der Waals surface area contributed by atoms with Crippen LogP contribution < -0.4 is 10.6 Å². The smallest absolute Gasteiger partial charge is 0.325 e. The van der Waals surface area contributed by atoms with Crippen molar-refractivity contribution in [2.45, 2.75) is 6.61 Å². The highest BCUT2D eigenvalue weighted by Gasteiger charge is 2.10. The first-order chi connectivity index (χ1) is 14.5. The van der Waals surface area contributed by atoms with E-state index in [1.807, 2.05) is 18.2 Å². The van der Waals surface area contributed by atoms with Crippen LogP contribution in [0.2, 0.25) is 0 Å². The van der Waals surface area contributed by atoms with E-state index in [0.717, 1.165) is 10.0 Å². The van der Waals surface area contributed by atoms with Crippen molar-refractivity contribution in [3.8, 4) is 0 Å². The molecule has 152 valence electrons. The van der Waals surface area contributed by atoms with Gasteiger partial charge in [-0.3, -0.25) is 14.4 Å². The molecular formula is C23H19BrN2O4. The van der Waals surface area contributed by atoms with E-state index in [1.54, 1.807) is 60.7 Å². The summed E-state index contributed by atoms with van der Waals surface area (Å²) in [6.45, 7) is -0.181. The maximum atomic E-state index is 12.2. The third-order valence-electron chi connectivity index (χ3n) is 4.15.